The van der Waals surface area contributed by atoms with E-state index in [0.29, 0.717) is 0 Å². The standard InChI is InChI=1S/C6H9O3/c1-5(6(2)8)3-9-4-7/h5H,3H2,1-2H3. The summed E-state index contributed by atoms with van der Waals surface area (Å²) in [5, 5.41) is 0. The lowest BCUT2D eigenvalue weighted by atomic mass is 10.1. The van der Waals surface area contributed by atoms with Crippen molar-refractivity contribution >= 4 is 12.3 Å². The van der Waals surface area contributed by atoms with Gasteiger partial charge in [-0.1, -0.05) is 6.92 Å². The van der Waals surface area contributed by atoms with Gasteiger partial charge in [0, 0.05) is 5.92 Å². The second kappa shape index (κ2) is 4.06. The van der Waals surface area contributed by atoms with Crippen LogP contribution in [0.3, 0.4) is 0 Å². The Hall–Kier alpha value is -0.860. The molecule has 0 N–H and O–H groups in total. The lowest BCUT2D eigenvalue weighted by Gasteiger charge is -2.02. The number of hydrogen-bond acceptors (Lipinski definition) is 3. The largest absolute Gasteiger partial charge is 0.457 e. The number of hydrogen-bond donors (Lipinski definition) is 0. The van der Waals surface area contributed by atoms with Gasteiger partial charge < -0.3 is 4.74 Å². The molecule has 3 nitrogen and oxygen atoms in total. The maximum absolute atomic E-state index is 10.4. The molecule has 0 aliphatic heterocycles. The van der Waals surface area contributed by atoms with Gasteiger partial charge in [-0.15, -0.1) is 0 Å². The summed E-state index contributed by atoms with van der Waals surface area (Å²) in [4.78, 5) is 19.9. The Morgan fingerprint density at radius 2 is 2.33 bits per heavy atom. The van der Waals surface area contributed by atoms with Crippen LogP contribution in [0.1, 0.15) is 13.8 Å². The molecule has 0 heterocycles. The summed E-state index contributed by atoms with van der Waals surface area (Å²) in [6.07, 6.45) is 0. The second-order valence-electron chi connectivity index (χ2n) is 1.91. The SMILES string of the molecule is CC(=O)C(C)CO[C]=O. The van der Waals surface area contributed by atoms with Crippen LogP contribution >= 0.6 is 0 Å². The minimum Gasteiger partial charge on any atom is -0.457 e. The number of ketones is 1. The summed E-state index contributed by atoms with van der Waals surface area (Å²) >= 11 is 0. The minimum atomic E-state index is -0.202. The summed E-state index contributed by atoms with van der Waals surface area (Å²) in [7, 11) is 0. The van der Waals surface area contributed by atoms with Gasteiger partial charge in [-0.3, -0.25) is 4.79 Å². The fraction of sp³-hybridized carbons (Fsp3) is 0.667. The zero-order valence-corrected chi connectivity index (χ0v) is 5.51. The van der Waals surface area contributed by atoms with Gasteiger partial charge in [0.15, 0.2) is 0 Å². The number of carbonyl (C=O) groups excluding carboxylic acids is 2. The summed E-state index contributed by atoms with van der Waals surface area (Å²) in [6.45, 7) is 4.54. The molecule has 9 heavy (non-hydrogen) atoms. The first-order chi connectivity index (χ1) is 4.18. The topological polar surface area (TPSA) is 43.4 Å². The Morgan fingerprint density at radius 1 is 1.78 bits per heavy atom. The first-order valence-electron chi connectivity index (χ1n) is 2.68. The van der Waals surface area contributed by atoms with Gasteiger partial charge in [-0.05, 0) is 6.92 Å². The van der Waals surface area contributed by atoms with Gasteiger partial charge in [0.05, 0.1) is 0 Å². The fourth-order valence-electron chi connectivity index (χ4n) is 0.276. The maximum atomic E-state index is 10.4. The zero-order chi connectivity index (χ0) is 7.28. The molecule has 0 amide bonds. The molecule has 1 radical (unpaired) electrons. The predicted molar refractivity (Wildman–Crippen MR) is 31.5 cm³/mol. The predicted octanol–water partition coefficient (Wildman–Crippen LogP) is 0.295. The van der Waals surface area contributed by atoms with Gasteiger partial charge in [-0.2, -0.15) is 0 Å². The molecule has 0 saturated carbocycles. The maximum Gasteiger partial charge on any atom is 0.417 e. The van der Waals surface area contributed by atoms with Gasteiger partial charge >= 0.3 is 6.47 Å². The quantitative estimate of drug-likeness (QED) is 0.548. The first-order valence-corrected chi connectivity index (χ1v) is 2.68. The van der Waals surface area contributed by atoms with Crippen molar-refractivity contribution in [1.82, 2.24) is 0 Å². The third kappa shape index (κ3) is 3.70. The van der Waals surface area contributed by atoms with E-state index in [9.17, 15) is 9.59 Å². The molecule has 0 bridgehead atoms. The van der Waals surface area contributed by atoms with Crippen LogP contribution in [0.5, 0.6) is 0 Å². The Bertz CT molecular complexity index is 109. The molecule has 0 aromatic rings. The van der Waals surface area contributed by atoms with Crippen molar-refractivity contribution in [2.75, 3.05) is 6.61 Å². The van der Waals surface area contributed by atoms with Crippen molar-refractivity contribution in [2.24, 2.45) is 5.92 Å². The second-order valence-corrected chi connectivity index (χ2v) is 1.91. The summed E-state index contributed by atoms with van der Waals surface area (Å²) in [5.74, 6) is -0.184. The highest BCUT2D eigenvalue weighted by Crippen LogP contribution is 1.94. The van der Waals surface area contributed by atoms with Crippen LogP contribution in [0, 0.1) is 5.92 Å². The van der Waals surface area contributed by atoms with Gasteiger partial charge in [0.1, 0.15) is 12.4 Å². The van der Waals surface area contributed by atoms with E-state index >= 15 is 0 Å². The number of carbonyl (C=O) groups is 1. The van der Waals surface area contributed by atoms with Gasteiger partial charge in [0.2, 0.25) is 0 Å². The lowest BCUT2D eigenvalue weighted by Crippen LogP contribution is -2.12. The van der Waals surface area contributed by atoms with Crippen molar-refractivity contribution in [3.8, 4) is 0 Å². The monoisotopic (exact) mass is 129 g/mol. The average molecular weight is 129 g/mol. The van der Waals surface area contributed by atoms with Crippen LogP contribution in [-0.2, 0) is 14.3 Å². The molecule has 0 aliphatic carbocycles. The highest BCUT2D eigenvalue weighted by atomic mass is 16.5. The summed E-state index contributed by atoms with van der Waals surface area (Å²) < 4.78 is 4.23. The molecule has 0 fully saturated rings. The van der Waals surface area contributed by atoms with Gasteiger partial charge in [-0.25, -0.2) is 4.79 Å². The van der Waals surface area contributed by atoms with Crippen LogP contribution in [0.2, 0.25) is 0 Å². The van der Waals surface area contributed by atoms with Crippen LogP contribution in [-0.4, -0.2) is 18.9 Å². The molecule has 3 heteroatoms. The van der Waals surface area contributed by atoms with E-state index in [1.807, 2.05) is 0 Å². The Morgan fingerprint density at radius 3 is 2.67 bits per heavy atom. The fourth-order valence-corrected chi connectivity index (χ4v) is 0.276. The number of rotatable bonds is 4. The lowest BCUT2D eigenvalue weighted by molar-refractivity contribution is -0.121. The van der Waals surface area contributed by atoms with E-state index < -0.39 is 0 Å². The molecule has 0 rings (SSSR count). The third-order valence-electron chi connectivity index (χ3n) is 1.09. The van der Waals surface area contributed by atoms with Crippen molar-refractivity contribution in [2.45, 2.75) is 13.8 Å². The van der Waals surface area contributed by atoms with E-state index in [1.165, 1.54) is 13.4 Å². The number of Topliss-reactive ketones (excluding diaryl/α,β-unsaturated/α-hetero) is 1. The number of ether oxygens (including phenoxy) is 1. The zero-order valence-electron chi connectivity index (χ0n) is 5.51. The van der Waals surface area contributed by atoms with Crippen molar-refractivity contribution in [1.29, 1.82) is 0 Å². The molecule has 0 aliphatic rings. The van der Waals surface area contributed by atoms with E-state index in [4.69, 9.17) is 0 Å². The van der Waals surface area contributed by atoms with Crippen molar-refractivity contribution in [3.05, 3.63) is 0 Å². The highest BCUT2D eigenvalue weighted by molar-refractivity contribution is 5.78. The minimum absolute atomic E-state index is 0.0188. The summed E-state index contributed by atoms with van der Waals surface area (Å²) in [6, 6.07) is 0. The molecule has 0 aromatic heterocycles. The van der Waals surface area contributed by atoms with E-state index in [1.54, 1.807) is 6.92 Å². The Kier molecular flexibility index (Phi) is 3.67. The third-order valence-corrected chi connectivity index (χ3v) is 1.09. The molecule has 0 aromatic carbocycles. The van der Waals surface area contributed by atoms with Crippen LogP contribution in [0.4, 0.5) is 0 Å². The smallest absolute Gasteiger partial charge is 0.417 e. The van der Waals surface area contributed by atoms with Crippen molar-refractivity contribution < 1.29 is 14.3 Å². The van der Waals surface area contributed by atoms with E-state index in [2.05, 4.69) is 4.74 Å². The Labute approximate surface area is 54.0 Å². The molecule has 1 atom stereocenters. The molecule has 0 saturated heterocycles. The van der Waals surface area contributed by atoms with Crippen LogP contribution in [0.15, 0.2) is 0 Å². The van der Waals surface area contributed by atoms with Gasteiger partial charge in [0.25, 0.3) is 0 Å². The van der Waals surface area contributed by atoms with Crippen LogP contribution in [0.25, 0.3) is 0 Å². The molecule has 0 spiro atoms. The Balaban J connectivity index is 3.37. The normalized spacial score (nSPS) is 12.2. The van der Waals surface area contributed by atoms with Crippen LogP contribution < -0.4 is 0 Å². The molecule has 1 unspecified atom stereocenters. The molecular formula is C6H9O3. The highest BCUT2D eigenvalue weighted by Gasteiger charge is 2.06. The first kappa shape index (κ1) is 8.14. The van der Waals surface area contributed by atoms with Crippen molar-refractivity contribution in [3.63, 3.8) is 0 Å². The summed E-state index contributed by atoms with van der Waals surface area (Å²) in [5.41, 5.74) is 0. The molecular weight excluding hydrogens is 120 g/mol. The molecule has 51 valence electrons. The van der Waals surface area contributed by atoms with E-state index in [-0.39, 0.29) is 18.3 Å². The average Bonchev–Trinajstić information content (AvgIpc) is 1.82. The van der Waals surface area contributed by atoms with E-state index in [0.717, 1.165) is 0 Å².